The van der Waals surface area contributed by atoms with E-state index in [0.29, 0.717) is 12.4 Å². The van der Waals surface area contributed by atoms with Crippen LogP contribution >= 0.6 is 23.2 Å². The molecule has 0 aromatic heterocycles. The molecule has 1 rings (SSSR count). The van der Waals surface area contributed by atoms with Crippen LogP contribution in [0.1, 0.15) is 13.3 Å². The second kappa shape index (κ2) is 6.59. The van der Waals surface area contributed by atoms with Crippen molar-refractivity contribution in [3.63, 3.8) is 0 Å². The van der Waals surface area contributed by atoms with Crippen LogP contribution in [0.25, 0.3) is 0 Å². The van der Waals surface area contributed by atoms with Gasteiger partial charge in [0.1, 0.15) is 4.90 Å². The van der Waals surface area contributed by atoms with Crippen molar-refractivity contribution in [1.29, 1.82) is 0 Å². The number of hydrogen-bond donors (Lipinski definition) is 1. The lowest BCUT2D eigenvalue weighted by Crippen LogP contribution is -2.28. The molecule has 0 bridgehead atoms. The molecule has 0 saturated heterocycles. The van der Waals surface area contributed by atoms with Gasteiger partial charge in [0.05, 0.1) is 5.02 Å². The Morgan fingerprint density at radius 1 is 1.35 bits per heavy atom. The molecule has 0 spiro atoms. The maximum atomic E-state index is 11.9. The second-order valence-electron chi connectivity index (χ2n) is 3.87. The van der Waals surface area contributed by atoms with Crippen molar-refractivity contribution in [2.24, 2.45) is 5.92 Å². The van der Waals surface area contributed by atoms with Gasteiger partial charge in [0.25, 0.3) is 0 Å². The van der Waals surface area contributed by atoms with Gasteiger partial charge in [0, 0.05) is 12.4 Å². The molecule has 0 heterocycles. The third-order valence-corrected chi connectivity index (χ3v) is 4.49. The van der Waals surface area contributed by atoms with E-state index < -0.39 is 10.0 Å². The Hall–Kier alpha value is -0.290. The van der Waals surface area contributed by atoms with Crippen LogP contribution in [-0.4, -0.2) is 20.8 Å². The Balaban J connectivity index is 2.73. The van der Waals surface area contributed by atoms with Gasteiger partial charge in [0.2, 0.25) is 10.0 Å². The van der Waals surface area contributed by atoms with Gasteiger partial charge in [-0.3, -0.25) is 0 Å². The summed E-state index contributed by atoms with van der Waals surface area (Å²) < 4.78 is 26.4. The highest BCUT2D eigenvalue weighted by Crippen LogP contribution is 2.20. The first-order chi connectivity index (χ1) is 7.97. The average Bonchev–Trinajstić information content (AvgIpc) is 2.27. The number of alkyl halides is 1. The molecule has 1 N–H and O–H groups in total. The summed E-state index contributed by atoms with van der Waals surface area (Å²) in [4.78, 5) is 0.111. The van der Waals surface area contributed by atoms with Crippen LogP contribution in [-0.2, 0) is 10.0 Å². The van der Waals surface area contributed by atoms with E-state index in [9.17, 15) is 8.42 Å². The zero-order chi connectivity index (χ0) is 12.9. The van der Waals surface area contributed by atoms with Gasteiger partial charge < -0.3 is 0 Å². The Bertz CT molecular complexity index is 462. The maximum absolute atomic E-state index is 11.9. The molecule has 0 saturated carbocycles. The fraction of sp³-hybridized carbons (Fsp3) is 0.455. The van der Waals surface area contributed by atoms with Gasteiger partial charge >= 0.3 is 0 Å². The molecule has 1 aromatic carbocycles. The van der Waals surface area contributed by atoms with Crippen LogP contribution in [0.2, 0.25) is 5.02 Å². The first kappa shape index (κ1) is 14.8. The van der Waals surface area contributed by atoms with E-state index in [1.54, 1.807) is 18.2 Å². The molecule has 3 nitrogen and oxygen atoms in total. The van der Waals surface area contributed by atoms with Gasteiger partial charge in [-0.15, -0.1) is 11.6 Å². The van der Waals surface area contributed by atoms with E-state index in [1.165, 1.54) is 6.07 Å². The smallest absolute Gasteiger partial charge is 0.211 e. The first-order valence-corrected chi connectivity index (χ1v) is 7.67. The molecule has 0 aliphatic heterocycles. The molecule has 0 aliphatic carbocycles. The Morgan fingerprint density at radius 2 is 2.00 bits per heavy atom. The van der Waals surface area contributed by atoms with Crippen molar-refractivity contribution in [2.75, 3.05) is 12.4 Å². The number of halogens is 2. The Labute approximate surface area is 112 Å². The molecule has 6 heteroatoms. The third kappa shape index (κ3) is 4.47. The highest BCUT2D eigenvalue weighted by atomic mass is 35.5. The number of benzene rings is 1. The van der Waals surface area contributed by atoms with E-state index >= 15 is 0 Å². The number of sulfonamides is 1. The minimum Gasteiger partial charge on any atom is -0.211 e. The molecule has 0 radical (unpaired) electrons. The van der Waals surface area contributed by atoms with Gasteiger partial charge in [0.15, 0.2) is 0 Å². The van der Waals surface area contributed by atoms with Crippen LogP contribution < -0.4 is 4.72 Å². The molecule has 96 valence electrons. The largest absolute Gasteiger partial charge is 0.242 e. The van der Waals surface area contributed by atoms with Crippen LogP contribution in [0.3, 0.4) is 0 Å². The number of nitrogens with one attached hydrogen (secondary N) is 1. The van der Waals surface area contributed by atoms with Crippen LogP contribution in [0.4, 0.5) is 0 Å². The lowest BCUT2D eigenvalue weighted by atomic mass is 10.1. The normalized spacial score (nSPS) is 13.6. The Morgan fingerprint density at radius 3 is 2.59 bits per heavy atom. The van der Waals surface area contributed by atoms with E-state index in [1.807, 2.05) is 6.92 Å². The number of rotatable bonds is 6. The maximum Gasteiger partial charge on any atom is 0.242 e. The van der Waals surface area contributed by atoms with Crippen molar-refractivity contribution >= 4 is 33.2 Å². The summed E-state index contributed by atoms with van der Waals surface area (Å²) in [6.07, 6.45) is 0.770. The molecule has 1 aromatic rings. The molecule has 1 atom stereocenters. The van der Waals surface area contributed by atoms with Crippen molar-refractivity contribution in [3.05, 3.63) is 29.3 Å². The van der Waals surface area contributed by atoms with E-state index in [2.05, 4.69) is 4.72 Å². The summed E-state index contributed by atoms with van der Waals surface area (Å²) in [7, 11) is -3.53. The fourth-order valence-corrected chi connectivity index (χ4v) is 3.34. The fourth-order valence-electron chi connectivity index (χ4n) is 1.28. The molecule has 0 amide bonds. The van der Waals surface area contributed by atoms with E-state index in [-0.39, 0.29) is 15.8 Å². The lowest BCUT2D eigenvalue weighted by Gasteiger charge is -2.12. The highest BCUT2D eigenvalue weighted by molar-refractivity contribution is 7.89. The lowest BCUT2D eigenvalue weighted by molar-refractivity contribution is 0.530. The first-order valence-electron chi connectivity index (χ1n) is 5.27. The minimum atomic E-state index is -3.53. The van der Waals surface area contributed by atoms with E-state index in [4.69, 9.17) is 23.2 Å². The van der Waals surface area contributed by atoms with Gasteiger partial charge in [-0.25, -0.2) is 13.1 Å². The molecule has 17 heavy (non-hydrogen) atoms. The molecule has 0 aliphatic rings. The summed E-state index contributed by atoms with van der Waals surface area (Å²) >= 11 is 11.4. The van der Waals surface area contributed by atoms with Crippen LogP contribution in [0.5, 0.6) is 0 Å². The van der Waals surface area contributed by atoms with Gasteiger partial charge in [-0.2, -0.15) is 0 Å². The zero-order valence-corrected chi connectivity index (χ0v) is 11.8. The SMILES string of the molecule is CC(CCCl)CNS(=O)(=O)c1ccccc1Cl. The van der Waals surface area contributed by atoms with E-state index in [0.717, 1.165) is 6.42 Å². The summed E-state index contributed by atoms with van der Waals surface area (Å²) in [6, 6.07) is 6.37. The van der Waals surface area contributed by atoms with Gasteiger partial charge in [-0.05, 0) is 24.5 Å². The second-order valence-corrected chi connectivity index (χ2v) is 6.39. The quantitative estimate of drug-likeness (QED) is 0.820. The summed E-state index contributed by atoms with van der Waals surface area (Å²) in [5.41, 5.74) is 0. The summed E-state index contributed by atoms with van der Waals surface area (Å²) in [6.45, 7) is 2.30. The third-order valence-electron chi connectivity index (χ3n) is 2.35. The van der Waals surface area contributed by atoms with Crippen LogP contribution in [0, 0.1) is 5.92 Å². The molecule has 1 unspecified atom stereocenters. The molecular weight excluding hydrogens is 281 g/mol. The zero-order valence-electron chi connectivity index (χ0n) is 9.49. The molecule has 0 fully saturated rings. The predicted molar refractivity (Wildman–Crippen MR) is 71.1 cm³/mol. The predicted octanol–water partition coefficient (Wildman–Crippen LogP) is 2.88. The average molecular weight is 296 g/mol. The minimum absolute atomic E-state index is 0.111. The summed E-state index contributed by atoms with van der Waals surface area (Å²) in [5, 5.41) is 0.227. The monoisotopic (exact) mass is 295 g/mol. The van der Waals surface area contributed by atoms with Crippen LogP contribution in [0.15, 0.2) is 29.2 Å². The van der Waals surface area contributed by atoms with Gasteiger partial charge in [-0.1, -0.05) is 30.7 Å². The Kier molecular flexibility index (Phi) is 5.73. The van der Waals surface area contributed by atoms with Crippen molar-refractivity contribution in [2.45, 2.75) is 18.2 Å². The standard InChI is InChI=1S/C11H15Cl2NO2S/c1-9(6-7-12)8-14-17(15,16)11-5-3-2-4-10(11)13/h2-5,9,14H,6-8H2,1H3. The summed E-state index contributed by atoms with van der Waals surface area (Å²) in [5.74, 6) is 0.722. The van der Waals surface area contributed by atoms with Crippen molar-refractivity contribution in [1.82, 2.24) is 4.72 Å². The van der Waals surface area contributed by atoms with Crippen molar-refractivity contribution < 1.29 is 8.42 Å². The highest BCUT2D eigenvalue weighted by Gasteiger charge is 2.17. The number of hydrogen-bond acceptors (Lipinski definition) is 2. The van der Waals surface area contributed by atoms with Crippen molar-refractivity contribution in [3.8, 4) is 0 Å². The topological polar surface area (TPSA) is 46.2 Å². The molecular formula is C11H15Cl2NO2S.